The smallest absolute Gasteiger partial charge is 0.222 e. The minimum absolute atomic E-state index is 0.0667. The average molecular weight is 323 g/mol. The highest BCUT2D eigenvalue weighted by Crippen LogP contribution is 2.44. The zero-order valence-electron chi connectivity index (χ0n) is 14.7. The summed E-state index contributed by atoms with van der Waals surface area (Å²) in [6, 6.07) is 8.76. The van der Waals surface area contributed by atoms with Crippen molar-refractivity contribution in [3.05, 3.63) is 47.3 Å². The van der Waals surface area contributed by atoms with E-state index in [1.54, 1.807) is 0 Å². The lowest BCUT2D eigenvalue weighted by atomic mass is 9.82. The molecule has 0 unspecified atom stereocenters. The van der Waals surface area contributed by atoms with E-state index in [0.29, 0.717) is 6.42 Å². The Morgan fingerprint density at radius 1 is 1.21 bits per heavy atom. The fraction of sp³-hybridized carbons (Fsp3) is 0.450. The van der Waals surface area contributed by atoms with E-state index in [4.69, 9.17) is 0 Å². The number of carbonyl (C=O) groups excluding carboxylic acids is 1. The largest absolute Gasteiger partial charge is 0.372 e. The van der Waals surface area contributed by atoms with E-state index < -0.39 is 0 Å². The monoisotopic (exact) mass is 323 g/mol. The van der Waals surface area contributed by atoms with Gasteiger partial charge in [0.15, 0.2) is 0 Å². The highest BCUT2D eigenvalue weighted by atomic mass is 16.2. The van der Waals surface area contributed by atoms with Gasteiger partial charge in [-0.25, -0.2) is 0 Å². The zero-order chi connectivity index (χ0) is 16.9. The summed E-state index contributed by atoms with van der Waals surface area (Å²) in [6.45, 7) is 7.95. The lowest BCUT2D eigenvalue weighted by molar-refractivity contribution is -0.132. The molecule has 2 aromatic rings. The second-order valence-electron chi connectivity index (χ2n) is 7.11. The maximum absolute atomic E-state index is 12.0. The predicted molar refractivity (Wildman–Crippen MR) is 96.6 cm³/mol. The fourth-order valence-corrected chi connectivity index (χ4v) is 4.24. The molecule has 1 fully saturated rings. The third kappa shape index (κ3) is 2.09. The minimum Gasteiger partial charge on any atom is -0.372 e. The molecule has 1 aromatic heterocycles. The molecule has 3 heterocycles. The van der Waals surface area contributed by atoms with Crippen LogP contribution in [0.3, 0.4) is 0 Å². The van der Waals surface area contributed by atoms with E-state index in [9.17, 15) is 4.79 Å². The maximum Gasteiger partial charge on any atom is 0.222 e. The molecule has 4 heteroatoms. The van der Waals surface area contributed by atoms with Gasteiger partial charge in [-0.3, -0.25) is 4.79 Å². The molecule has 0 radical (unpaired) electrons. The lowest BCUT2D eigenvalue weighted by Gasteiger charge is -2.46. The van der Waals surface area contributed by atoms with Crippen molar-refractivity contribution >= 4 is 11.6 Å². The first-order valence-corrected chi connectivity index (χ1v) is 8.90. The third-order valence-electron chi connectivity index (χ3n) is 5.83. The van der Waals surface area contributed by atoms with Crippen molar-refractivity contribution in [2.45, 2.75) is 45.6 Å². The standard InChI is InChI=1S/C20H25N3O/c1-4-18(24)22-12-9-20(10-13-22)17-6-5-11-23(17)19-15(3)14(2)7-8-16(19)21-20/h5-8,11,21H,4,9-10,12-13H2,1-3H3. The maximum atomic E-state index is 12.0. The van der Waals surface area contributed by atoms with Crippen LogP contribution in [0, 0.1) is 13.8 Å². The van der Waals surface area contributed by atoms with Gasteiger partial charge in [-0.05, 0) is 56.0 Å². The van der Waals surface area contributed by atoms with E-state index in [0.717, 1.165) is 25.9 Å². The van der Waals surface area contributed by atoms with Gasteiger partial charge in [0.2, 0.25) is 5.91 Å². The molecule has 24 heavy (non-hydrogen) atoms. The van der Waals surface area contributed by atoms with E-state index >= 15 is 0 Å². The second-order valence-corrected chi connectivity index (χ2v) is 7.11. The molecule has 0 saturated carbocycles. The number of likely N-dealkylation sites (tertiary alicyclic amines) is 1. The van der Waals surface area contributed by atoms with Crippen LogP contribution in [-0.2, 0) is 10.3 Å². The number of rotatable bonds is 1. The van der Waals surface area contributed by atoms with E-state index in [-0.39, 0.29) is 11.4 Å². The second kappa shape index (κ2) is 5.40. The molecule has 1 N–H and O–H groups in total. The molecule has 0 aliphatic carbocycles. The van der Waals surface area contributed by atoms with Gasteiger partial charge in [-0.1, -0.05) is 13.0 Å². The quantitative estimate of drug-likeness (QED) is 0.868. The molecular formula is C20H25N3O. The first kappa shape index (κ1) is 15.3. The number of hydrogen-bond donors (Lipinski definition) is 1. The van der Waals surface area contributed by atoms with Crippen LogP contribution in [0.25, 0.3) is 5.69 Å². The number of anilines is 1. The molecule has 0 bridgehead atoms. The van der Waals surface area contributed by atoms with Crippen molar-refractivity contribution in [2.75, 3.05) is 18.4 Å². The van der Waals surface area contributed by atoms with Gasteiger partial charge in [0, 0.05) is 31.4 Å². The summed E-state index contributed by atoms with van der Waals surface area (Å²) in [7, 11) is 0. The SMILES string of the molecule is CCC(=O)N1CCC2(CC1)Nc1ccc(C)c(C)c1-n1cccc12. The lowest BCUT2D eigenvalue weighted by Crippen LogP contribution is -2.51. The molecule has 1 saturated heterocycles. The van der Waals surface area contributed by atoms with Gasteiger partial charge in [-0.2, -0.15) is 0 Å². The zero-order valence-corrected chi connectivity index (χ0v) is 14.7. The highest BCUT2D eigenvalue weighted by Gasteiger charge is 2.42. The predicted octanol–water partition coefficient (Wildman–Crippen LogP) is 3.75. The first-order valence-electron chi connectivity index (χ1n) is 8.90. The number of hydrogen-bond acceptors (Lipinski definition) is 2. The van der Waals surface area contributed by atoms with Gasteiger partial charge in [0.1, 0.15) is 0 Å². The number of fused-ring (bicyclic) bond motifs is 4. The molecule has 0 atom stereocenters. The summed E-state index contributed by atoms with van der Waals surface area (Å²) in [5, 5.41) is 3.84. The van der Waals surface area contributed by atoms with Crippen molar-refractivity contribution in [1.82, 2.24) is 9.47 Å². The van der Waals surface area contributed by atoms with Gasteiger partial charge in [0.05, 0.1) is 16.9 Å². The fourth-order valence-electron chi connectivity index (χ4n) is 4.24. The van der Waals surface area contributed by atoms with Crippen LogP contribution in [0.4, 0.5) is 5.69 Å². The van der Waals surface area contributed by atoms with Crippen LogP contribution in [-0.4, -0.2) is 28.5 Å². The van der Waals surface area contributed by atoms with Gasteiger partial charge >= 0.3 is 0 Å². The molecule has 4 nitrogen and oxygen atoms in total. The Morgan fingerprint density at radius 3 is 2.67 bits per heavy atom. The van der Waals surface area contributed by atoms with Crippen molar-refractivity contribution in [3.8, 4) is 5.69 Å². The first-order chi connectivity index (χ1) is 11.6. The molecule has 2 aliphatic heterocycles. The number of nitrogens with zero attached hydrogens (tertiary/aromatic N) is 2. The molecule has 4 rings (SSSR count). The molecule has 1 amide bonds. The number of benzene rings is 1. The summed E-state index contributed by atoms with van der Waals surface area (Å²) in [5.74, 6) is 0.267. The third-order valence-corrected chi connectivity index (χ3v) is 5.83. The Kier molecular flexibility index (Phi) is 3.44. The van der Waals surface area contributed by atoms with Crippen LogP contribution in [0.15, 0.2) is 30.5 Å². The van der Waals surface area contributed by atoms with E-state index in [2.05, 4.69) is 54.2 Å². The normalized spacial score (nSPS) is 18.0. The summed E-state index contributed by atoms with van der Waals surface area (Å²) in [4.78, 5) is 14.0. The summed E-state index contributed by atoms with van der Waals surface area (Å²) in [6.07, 6.45) is 4.68. The minimum atomic E-state index is -0.0667. The van der Waals surface area contributed by atoms with Crippen LogP contribution in [0.2, 0.25) is 0 Å². The Bertz CT molecular complexity index is 797. The Hall–Kier alpha value is -2.23. The number of piperidine rings is 1. The number of aromatic nitrogens is 1. The summed E-state index contributed by atoms with van der Waals surface area (Å²) in [5.41, 5.74) is 6.38. The van der Waals surface area contributed by atoms with Crippen molar-refractivity contribution in [1.29, 1.82) is 0 Å². The van der Waals surface area contributed by atoms with Gasteiger partial charge < -0.3 is 14.8 Å². The Labute approximate surface area is 143 Å². The van der Waals surface area contributed by atoms with E-state index in [1.807, 2.05) is 11.8 Å². The Balaban J connectivity index is 1.74. The van der Waals surface area contributed by atoms with Crippen LogP contribution in [0.1, 0.15) is 43.0 Å². The molecule has 2 aliphatic rings. The number of amides is 1. The van der Waals surface area contributed by atoms with Crippen molar-refractivity contribution in [2.24, 2.45) is 0 Å². The summed E-state index contributed by atoms with van der Waals surface area (Å²) >= 11 is 0. The molecule has 126 valence electrons. The van der Waals surface area contributed by atoms with E-state index in [1.165, 1.54) is 28.2 Å². The Morgan fingerprint density at radius 2 is 1.96 bits per heavy atom. The highest BCUT2D eigenvalue weighted by molar-refractivity contribution is 5.76. The molecule has 1 spiro atoms. The van der Waals surface area contributed by atoms with Crippen LogP contribution < -0.4 is 5.32 Å². The number of aryl methyl sites for hydroxylation is 1. The number of nitrogens with one attached hydrogen (secondary N) is 1. The molecule has 1 aromatic carbocycles. The number of carbonyl (C=O) groups is 1. The van der Waals surface area contributed by atoms with Crippen LogP contribution >= 0.6 is 0 Å². The van der Waals surface area contributed by atoms with Gasteiger partial charge in [0.25, 0.3) is 0 Å². The average Bonchev–Trinajstić information content (AvgIpc) is 3.09. The topological polar surface area (TPSA) is 37.3 Å². The van der Waals surface area contributed by atoms with Crippen molar-refractivity contribution < 1.29 is 4.79 Å². The summed E-state index contributed by atoms with van der Waals surface area (Å²) < 4.78 is 2.35. The molecular weight excluding hydrogens is 298 g/mol. The van der Waals surface area contributed by atoms with Crippen LogP contribution in [0.5, 0.6) is 0 Å². The van der Waals surface area contributed by atoms with Gasteiger partial charge in [-0.15, -0.1) is 0 Å². The van der Waals surface area contributed by atoms with Crippen molar-refractivity contribution in [3.63, 3.8) is 0 Å².